The molecule has 0 aliphatic heterocycles. The van der Waals surface area contributed by atoms with E-state index in [4.69, 9.17) is 0 Å². The van der Waals surface area contributed by atoms with E-state index in [9.17, 15) is 4.79 Å². The van der Waals surface area contributed by atoms with Crippen molar-refractivity contribution < 1.29 is 4.79 Å². The van der Waals surface area contributed by atoms with E-state index >= 15 is 0 Å². The fraction of sp³-hybridized carbons (Fsp3) is 0.111. The van der Waals surface area contributed by atoms with Crippen LogP contribution >= 0.6 is 0 Å². The second-order valence-electron chi connectivity index (χ2n) is 5.70. The number of carbonyl (C=O) groups excluding carboxylic acids is 1. The maximum absolute atomic E-state index is 12.7. The first-order chi connectivity index (χ1) is 12.2. The third kappa shape index (κ3) is 2.87. The third-order valence-electron chi connectivity index (χ3n) is 3.96. The van der Waals surface area contributed by atoms with Gasteiger partial charge in [0.25, 0.3) is 5.91 Å². The Bertz CT molecular complexity index is 1020. The molecule has 7 heteroatoms. The van der Waals surface area contributed by atoms with Gasteiger partial charge in [0.2, 0.25) is 0 Å². The lowest BCUT2D eigenvalue weighted by Crippen LogP contribution is -2.23. The van der Waals surface area contributed by atoms with E-state index < -0.39 is 0 Å². The van der Waals surface area contributed by atoms with Crippen molar-refractivity contribution in [2.75, 3.05) is 0 Å². The standard InChI is InChI=1S/C18H16N6O/c1-12-9-20-13(10-19-12)11-21-18(25)14-8-17(15-5-6-22-23-15)24-7-3-2-4-16(14)24/h2-10H,11H2,1H3,(H,21,25)(H,22,23). The highest BCUT2D eigenvalue weighted by Gasteiger charge is 2.16. The summed E-state index contributed by atoms with van der Waals surface area (Å²) in [5.41, 5.74) is 4.73. The number of nitrogens with zero attached hydrogens (tertiary/aromatic N) is 4. The molecule has 0 spiro atoms. The van der Waals surface area contributed by atoms with Gasteiger partial charge in [-0.15, -0.1) is 0 Å². The van der Waals surface area contributed by atoms with Gasteiger partial charge in [-0.2, -0.15) is 5.10 Å². The summed E-state index contributed by atoms with van der Waals surface area (Å²) in [5.74, 6) is -0.156. The largest absolute Gasteiger partial charge is 0.346 e. The van der Waals surface area contributed by atoms with Crippen LogP contribution in [0.25, 0.3) is 16.9 Å². The summed E-state index contributed by atoms with van der Waals surface area (Å²) in [7, 11) is 0. The smallest absolute Gasteiger partial charge is 0.253 e. The van der Waals surface area contributed by atoms with Crippen LogP contribution in [0.15, 0.2) is 55.1 Å². The number of pyridine rings is 1. The van der Waals surface area contributed by atoms with Gasteiger partial charge in [-0.1, -0.05) is 6.07 Å². The molecule has 4 heterocycles. The number of fused-ring (bicyclic) bond motifs is 1. The van der Waals surface area contributed by atoms with Gasteiger partial charge in [-0.05, 0) is 31.2 Å². The molecule has 7 nitrogen and oxygen atoms in total. The quantitative estimate of drug-likeness (QED) is 0.600. The fourth-order valence-electron chi connectivity index (χ4n) is 2.72. The third-order valence-corrected chi connectivity index (χ3v) is 3.96. The molecule has 25 heavy (non-hydrogen) atoms. The van der Waals surface area contributed by atoms with Crippen molar-refractivity contribution in [1.29, 1.82) is 0 Å². The number of aryl methyl sites for hydroxylation is 1. The zero-order valence-corrected chi connectivity index (χ0v) is 13.6. The molecule has 0 aliphatic rings. The zero-order chi connectivity index (χ0) is 17.2. The molecule has 1 amide bonds. The monoisotopic (exact) mass is 332 g/mol. The minimum atomic E-state index is -0.156. The van der Waals surface area contributed by atoms with Crippen LogP contribution in [-0.4, -0.2) is 30.5 Å². The summed E-state index contributed by atoms with van der Waals surface area (Å²) in [4.78, 5) is 21.1. The highest BCUT2D eigenvalue weighted by Crippen LogP contribution is 2.24. The molecule has 0 aromatic carbocycles. The first-order valence-electron chi connectivity index (χ1n) is 7.88. The Balaban J connectivity index is 1.64. The molecular formula is C18H16N6O. The van der Waals surface area contributed by atoms with Crippen molar-refractivity contribution in [2.24, 2.45) is 0 Å². The molecule has 0 unspecified atom stereocenters. The molecule has 0 bridgehead atoms. The van der Waals surface area contributed by atoms with Crippen molar-refractivity contribution in [1.82, 2.24) is 29.9 Å². The van der Waals surface area contributed by atoms with Crippen LogP contribution in [0.3, 0.4) is 0 Å². The number of amides is 1. The van der Waals surface area contributed by atoms with Crippen LogP contribution in [0, 0.1) is 6.92 Å². The van der Waals surface area contributed by atoms with Crippen LogP contribution in [0.1, 0.15) is 21.7 Å². The van der Waals surface area contributed by atoms with E-state index in [1.807, 2.05) is 47.9 Å². The van der Waals surface area contributed by atoms with Gasteiger partial charge in [0, 0.05) is 18.6 Å². The van der Waals surface area contributed by atoms with Gasteiger partial charge in [0.05, 0.1) is 46.6 Å². The maximum Gasteiger partial charge on any atom is 0.253 e. The van der Waals surface area contributed by atoms with Crippen LogP contribution in [0.2, 0.25) is 0 Å². The first kappa shape index (κ1) is 15.1. The second-order valence-corrected chi connectivity index (χ2v) is 5.70. The van der Waals surface area contributed by atoms with Crippen molar-refractivity contribution in [3.8, 4) is 11.4 Å². The Labute approximate surface area is 143 Å². The summed E-state index contributed by atoms with van der Waals surface area (Å²) < 4.78 is 1.97. The summed E-state index contributed by atoms with van der Waals surface area (Å²) in [6, 6.07) is 9.49. The first-order valence-corrected chi connectivity index (χ1v) is 7.88. The SMILES string of the molecule is Cc1cnc(CNC(=O)c2cc(-c3ccn[nH]3)n3ccccc23)cn1. The number of aromatic amines is 1. The molecule has 0 fully saturated rings. The Kier molecular flexibility index (Phi) is 3.74. The van der Waals surface area contributed by atoms with E-state index in [2.05, 4.69) is 25.5 Å². The number of hydrogen-bond donors (Lipinski definition) is 2. The van der Waals surface area contributed by atoms with Gasteiger partial charge in [-0.25, -0.2) is 0 Å². The Morgan fingerprint density at radius 3 is 2.92 bits per heavy atom. The predicted octanol–water partition coefficient (Wildman–Crippen LogP) is 2.36. The molecule has 4 aromatic rings. The summed E-state index contributed by atoms with van der Waals surface area (Å²) in [6.07, 6.45) is 6.97. The van der Waals surface area contributed by atoms with Gasteiger partial charge in [0.15, 0.2) is 0 Å². The van der Waals surface area contributed by atoms with Crippen molar-refractivity contribution >= 4 is 11.4 Å². The molecule has 0 radical (unpaired) electrons. The molecule has 0 aliphatic carbocycles. The van der Waals surface area contributed by atoms with Crippen LogP contribution in [0.5, 0.6) is 0 Å². The predicted molar refractivity (Wildman–Crippen MR) is 92.9 cm³/mol. The number of hydrogen-bond acceptors (Lipinski definition) is 4. The topological polar surface area (TPSA) is 88.0 Å². The normalized spacial score (nSPS) is 10.9. The Morgan fingerprint density at radius 1 is 1.24 bits per heavy atom. The van der Waals surface area contributed by atoms with Crippen molar-refractivity contribution in [3.63, 3.8) is 0 Å². The van der Waals surface area contributed by atoms with Gasteiger partial charge in [0.1, 0.15) is 0 Å². The highest BCUT2D eigenvalue weighted by atomic mass is 16.1. The zero-order valence-electron chi connectivity index (χ0n) is 13.6. The number of carbonyl (C=O) groups is 1. The summed E-state index contributed by atoms with van der Waals surface area (Å²) >= 11 is 0. The number of nitrogens with one attached hydrogen (secondary N) is 2. The van der Waals surface area contributed by atoms with E-state index in [0.717, 1.165) is 28.3 Å². The average Bonchev–Trinajstić information content (AvgIpc) is 3.28. The Morgan fingerprint density at radius 2 is 2.16 bits per heavy atom. The lowest BCUT2D eigenvalue weighted by atomic mass is 10.2. The molecule has 0 saturated heterocycles. The van der Waals surface area contributed by atoms with E-state index in [-0.39, 0.29) is 5.91 Å². The molecular weight excluding hydrogens is 316 g/mol. The average molecular weight is 332 g/mol. The number of aromatic nitrogens is 5. The lowest BCUT2D eigenvalue weighted by molar-refractivity contribution is 0.0952. The van der Waals surface area contributed by atoms with E-state index in [1.54, 1.807) is 18.6 Å². The van der Waals surface area contributed by atoms with Crippen LogP contribution in [0.4, 0.5) is 0 Å². The fourth-order valence-corrected chi connectivity index (χ4v) is 2.72. The van der Waals surface area contributed by atoms with Crippen molar-refractivity contribution in [3.05, 3.63) is 72.1 Å². The summed E-state index contributed by atoms with van der Waals surface area (Å²) in [5, 5.41) is 9.83. The molecule has 124 valence electrons. The maximum atomic E-state index is 12.7. The number of H-pyrrole nitrogens is 1. The van der Waals surface area contributed by atoms with E-state index in [1.165, 1.54) is 0 Å². The van der Waals surface area contributed by atoms with Gasteiger partial charge in [-0.3, -0.25) is 19.9 Å². The van der Waals surface area contributed by atoms with Gasteiger partial charge < -0.3 is 9.72 Å². The van der Waals surface area contributed by atoms with Crippen LogP contribution in [-0.2, 0) is 6.54 Å². The second kappa shape index (κ2) is 6.20. The molecule has 4 aromatic heterocycles. The Hall–Kier alpha value is -3.48. The molecule has 2 N–H and O–H groups in total. The lowest BCUT2D eigenvalue weighted by Gasteiger charge is -2.04. The molecule has 0 saturated carbocycles. The minimum absolute atomic E-state index is 0.156. The van der Waals surface area contributed by atoms with E-state index in [0.29, 0.717) is 12.1 Å². The highest BCUT2D eigenvalue weighted by molar-refractivity contribution is 6.02. The van der Waals surface area contributed by atoms with Crippen LogP contribution < -0.4 is 5.32 Å². The number of rotatable bonds is 4. The van der Waals surface area contributed by atoms with Gasteiger partial charge >= 0.3 is 0 Å². The van der Waals surface area contributed by atoms with Crippen molar-refractivity contribution in [2.45, 2.75) is 13.5 Å². The summed E-state index contributed by atoms with van der Waals surface area (Å²) in [6.45, 7) is 2.20. The molecule has 4 rings (SSSR count). The molecule has 0 atom stereocenters. The minimum Gasteiger partial charge on any atom is -0.346 e.